The van der Waals surface area contributed by atoms with Crippen LogP contribution in [-0.4, -0.2) is 6.54 Å². The predicted molar refractivity (Wildman–Crippen MR) is 67.1 cm³/mol. The van der Waals surface area contributed by atoms with Crippen molar-refractivity contribution in [2.24, 2.45) is 11.5 Å². The second kappa shape index (κ2) is 5.85. The third kappa shape index (κ3) is 3.35. The van der Waals surface area contributed by atoms with Crippen LogP contribution in [0.15, 0.2) is 27.1 Å². The molecule has 1 aromatic rings. The lowest BCUT2D eigenvalue weighted by atomic mass is 10.0. The summed E-state index contributed by atoms with van der Waals surface area (Å²) in [7, 11) is 0. The molecule has 0 radical (unpaired) electrons. The minimum atomic E-state index is 0.0861. The summed E-state index contributed by atoms with van der Waals surface area (Å²) in [6, 6.07) is 6.17. The van der Waals surface area contributed by atoms with Gasteiger partial charge in [0.2, 0.25) is 0 Å². The average Bonchev–Trinajstić information content (AvgIpc) is 2.18. The number of benzene rings is 1. The number of hydrogen-bond acceptors (Lipinski definition) is 2. The minimum absolute atomic E-state index is 0.0861. The van der Waals surface area contributed by atoms with Crippen molar-refractivity contribution in [3.05, 3.63) is 32.7 Å². The van der Waals surface area contributed by atoms with Crippen LogP contribution in [0.1, 0.15) is 24.4 Å². The third-order valence-corrected chi connectivity index (χ3v) is 3.97. The van der Waals surface area contributed by atoms with E-state index in [1.54, 1.807) is 0 Å². The highest BCUT2D eigenvalue weighted by molar-refractivity contribution is 9.13. The highest BCUT2D eigenvalue weighted by atomic mass is 79.9. The number of rotatable bonds is 4. The van der Waals surface area contributed by atoms with Crippen molar-refractivity contribution in [3.63, 3.8) is 0 Å². The van der Waals surface area contributed by atoms with Crippen molar-refractivity contribution in [2.75, 3.05) is 6.54 Å². The van der Waals surface area contributed by atoms with Gasteiger partial charge in [-0.2, -0.15) is 0 Å². The molecule has 0 fully saturated rings. The van der Waals surface area contributed by atoms with Gasteiger partial charge in [-0.05, 0) is 68.9 Å². The fraction of sp³-hybridized carbons (Fsp3) is 0.400. The predicted octanol–water partition coefficient (Wildman–Crippen LogP) is 2.95. The van der Waals surface area contributed by atoms with Gasteiger partial charge in [0.25, 0.3) is 0 Å². The number of halogens is 2. The summed E-state index contributed by atoms with van der Waals surface area (Å²) in [4.78, 5) is 0. The Bertz CT molecular complexity index is 302. The highest BCUT2D eigenvalue weighted by Crippen LogP contribution is 2.26. The standard InChI is InChI=1S/C10H14Br2N2/c11-8-4-3-7(6-9(8)12)10(14)2-1-5-13/h3-4,6,10H,1-2,5,13-14H2/t10-/m1/s1. The molecule has 0 aliphatic carbocycles. The number of nitrogens with two attached hydrogens (primary N) is 2. The zero-order valence-electron chi connectivity index (χ0n) is 7.84. The lowest BCUT2D eigenvalue weighted by Gasteiger charge is -2.12. The molecule has 0 spiro atoms. The van der Waals surface area contributed by atoms with E-state index in [-0.39, 0.29) is 6.04 Å². The SMILES string of the molecule is NCCC[C@@H](N)c1ccc(Br)c(Br)c1. The Balaban J connectivity index is 2.70. The molecule has 1 rings (SSSR count). The van der Waals surface area contributed by atoms with Crippen LogP contribution in [-0.2, 0) is 0 Å². The van der Waals surface area contributed by atoms with Crippen molar-refractivity contribution in [2.45, 2.75) is 18.9 Å². The van der Waals surface area contributed by atoms with Crippen LogP contribution < -0.4 is 11.5 Å². The molecule has 0 bridgehead atoms. The first-order valence-corrected chi connectivity index (χ1v) is 6.14. The van der Waals surface area contributed by atoms with Crippen LogP contribution in [0.4, 0.5) is 0 Å². The Kier molecular flexibility index (Phi) is 5.09. The van der Waals surface area contributed by atoms with Gasteiger partial charge in [-0.25, -0.2) is 0 Å². The van der Waals surface area contributed by atoms with Crippen LogP contribution in [0, 0.1) is 0 Å². The molecule has 0 unspecified atom stereocenters. The molecule has 14 heavy (non-hydrogen) atoms. The van der Waals surface area contributed by atoms with E-state index < -0.39 is 0 Å². The van der Waals surface area contributed by atoms with Crippen LogP contribution in [0.5, 0.6) is 0 Å². The molecule has 1 aromatic carbocycles. The molecule has 0 saturated carbocycles. The van der Waals surface area contributed by atoms with Crippen LogP contribution >= 0.6 is 31.9 Å². The summed E-state index contributed by atoms with van der Waals surface area (Å²) in [5, 5.41) is 0. The summed E-state index contributed by atoms with van der Waals surface area (Å²) in [5.74, 6) is 0. The molecule has 0 aliphatic rings. The Labute approximate surface area is 101 Å². The zero-order chi connectivity index (χ0) is 10.6. The van der Waals surface area contributed by atoms with E-state index in [2.05, 4.69) is 31.9 Å². The normalized spacial score (nSPS) is 12.9. The van der Waals surface area contributed by atoms with Crippen molar-refractivity contribution < 1.29 is 0 Å². The van der Waals surface area contributed by atoms with Crippen LogP contribution in [0.3, 0.4) is 0 Å². The quantitative estimate of drug-likeness (QED) is 0.895. The molecular weight excluding hydrogens is 308 g/mol. The smallest absolute Gasteiger partial charge is 0.0320 e. The third-order valence-electron chi connectivity index (χ3n) is 2.09. The molecule has 4 N–H and O–H groups in total. The van der Waals surface area contributed by atoms with Gasteiger partial charge in [0.15, 0.2) is 0 Å². The molecule has 0 aliphatic heterocycles. The van der Waals surface area contributed by atoms with Gasteiger partial charge in [-0.1, -0.05) is 6.07 Å². The Hall–Kier alpha value is 0.1000. The van der Waals surface area contributed by atoms with Gasteiger partial charge in [0, 0.05) is 15.0 Å². The highest BCUT2D eigenvalue weighted by Gasteiger charge is 2.06. The van der Waals surface area contributed by atoms with Gasteiger partial charge in [0.1, 0.15) is 0 Å². The summed E-state index contributed by atoms with van der Waals surface area (Å²) in [6.07, 6.45) is 1.90. The molecular formula is C10H14Br2N2. The summed E-state index contributed by atoms with van der Waals surface area (Å²) >= 11 is 6.88. The maximum absolute atomic E-state index is 6.01. The van der Waals surface area contributed by atoms with Gasteiger partial charge >= 0.3 is 0 Å². The van der Waals surface area contributed by atoms with Crippen LogP contribution in [0.2, 0.25) is 0 Å². The second-order valence-corrected chi connectivity index (χ2v) is 4.92. The van der Waals surface area contributed by atoms with E-state index in [9.17, 15) is 0 Å². The van der Waals surface area contributed by atoms with Crippen molar-refractivity contribution in [1.82, 2.24) is 0 Å². The molecule has 2 nitrogen and oxygen atoms in total. The first kappa shape index (κ1) is 12.2. The van der Waals surface area contributed by atoms with Crippen molar-refractivity contribution in [1.29, 1.82) is 0 Å². The minimum Gasteiger partial charge on any atom is -0.330 e. The maximum atomic E-state index is 6.01. The Morgan fingerprint density at radius 1 is 1.21 bits per heavy atom. The van der Waals surface area contributed by atoms with E-state index in [1.165, 1.54) is 0 Å². The van der Waals surface area contributed by atoms with E-state index in [0.717, 1.165) is 27.4 Å². The number of hydrogen-bond donors (Lipinski definition) is 2. The molecule has 1 atom stereocenters. The van der Waals surface area contributed by atoms with Crippen molar-refractivity contribution >= 4 is 31.9 Å². The van der Waals surface area contributed by atoms with E-state index >= 15 is 0 Å². The van der Waals surface area contributed by atoms with E-state index in [1.807, 2.05) is 18.2 Å². The summed E-state index contributed by atoms with van der Waals surface area (Å²) in [6.45, 7) is 0.700. The average molecular weight is 322 g/mol. The largest absolute Gasteiger partial charge is 0.330 e. The fourth-order valence-electron chi connectivity index (χ4n) is 1.25. The fourth-order valence-corrected chi connectivity index (χ4v) is 1.89. The summed E-state index contributed by atoms with van der Waals surface area (Å²) in [5.41, 5.74) is 12.6. The van der Waals surface area contributed by atoms with Gasteiger partial charge < -0.3 is 11.5 Å². The molecule has 0 aromatic heterocycles. The first-order chi connectivity index (χ1) is 6.65. The topological polar surface area (TPSA) is 52.0 Å². The van der Waals surface area contributed by atoms with Gasteiger partial charge in [-0.15, -0.1) is 0 Å². The lowest BCUT2D eigenvalue weighted by Crippen LogP contribution is -2.12. The van der Waals surface area contributed by atoms with Crippen molar-refractivity contribution in [3.8, 4) is 0 Å². The van der Waals surface area contributed by atoms with E-state index in [4.69, 9.17) is 11.5 Å². The second-order valence-electron chi connectivity index (χ2n) is 3.21. The molecule has 78 valence electrons. The maximum Gasteiger partial charge on any atom is 0.0320 e. The van der Waals surface area contributed by atoms with Gasteiger partial charge in [-0.3, -0.25) is 0 Å². The Morgan fingerprint density at radius 3 is 2.50 bits per heavy atom. The van der Waals surface area contributed by atoms with E-state index in [0.29, 0.717) is 6.54 Å². The Morgan fingerprint density at radius 2 is 1.93 bits per heavy atom. The molecule has 4 heteroatoms. The van der Waals surface area contributed by atoms with Crippen LogP contribution in [0.25, 0.3) is 0 Å². The monoisotopic (exact) mass is 320 g/mol. The molecule has 0 heterocycles. The molecule has 0 saturated heterocycles. The summed E-state index contributed by atoms with van der Waals surface area (Å²) < 4.78 is 2.09. The molecule has 0 amide bonds. The lowest BCUT2D eigenvalue weighted by molar-refractivity contribution is 0.617. The first-order valence-electron chi connectivity index (χ1n) is 4.55. The zero-order valence-corrected chi connectivity index (χ0v) is 11.0. The van der Waals surface area contributed by atoms with Gasteiger partial charge in [0.05, 0.1) is 0 Å².